The Morgan fingerprint density at radius 3 is 1.92 bits per heavy atom. The molecule has 0 aliphatic heterocycles. The molecule has 0 radical (unpaired) electrons. The van der Waals surface area contributed by atoms with E-state index in [9.17, 15) is 9.59 Å². The molecule has 0 amide bonds. The van der Waals surface area contributed by atoms with Crippen molar-refractivity contribution < 1.29 is 19.8 Å². The lowest BCUT2D eigenvalue weighted by atomic mass is 10.0. The maximum atomic E-state index is 10.3. The van der Waals surface area contributed by atoms with E-state index in [1.807, 2.05) is 6.92 Å². The minimum atomic E-state index is -1.24. The molecule has 0 saturated carbocycles. The van der Waals surface area contributed by atoms with Gasteiger partial charge in [-0.25, -0.2) is 0 Å². The normalized spacial score (nSPS) is 9.17. The molecule has 0 fully saturated rings. The molecule has 0 aromatic carbocycles. The van der Waals surface area contributed by atoms with Crippen molar-refractivity contribution in [3.8, 4) is 0 Å². The Balaban J connectivity index is 0. The minimum Gasteiger partial charge on any atom is -0.481 e. The Labute approximate surface area is 77.0 Å². The summed E-state index contributed by atoms with van der Waals surface area (Å²) in [5.41, 5.74) is 0. The molecule has 0 aliphatic carbocycles. The highest BCUT2D eigenvalue weighted by molar-refractivity contribution is 5.92. The first-order chi connectivity index (χ1) is 5.09. The quantitative estimate of drug-likeness (QED) is 0.652. The lowest BCUT2D eigenvalue weighted by molar-refractivity contribution is -0.154. The molecule has 0 aromatic rings. The molecular formula is C7H13ClO4. The Hall–Kier alpha value is -0.770. The molecule has 0 aliphatic rings. The molecule has 4 nitrogen and oxygen atoms in total. The van der Waals surface area contributed by atoms with Gasteiger partial charge in [0.05, 0.1) is 0 Å². The van der Waals surface area contributed by atoms with E-state index in [2.05, 4.69) is 0 Å². The zero-order chi connectivity index (χ0) is 8.85. The highest BCUT2D eigenvalue weighted by Crippen LogP contribution is 2.08. The van der Waals surface area contributed by atoms with Gasteiger partial charge < -0.3 is 10.2 Å². The van der Waals surface area contributed by atoms with Gasteiger partial charge in [0, 0.05) is 0 Å². The summed E-state index contributed by atoms with van der Waals surface area (Å²) >= 11 is 0. The number of hydrogen-bond acceptors (Lipinski definition) is 2. The highest BCUT2D eigenvalue weighted by Gasteiger charge is 2.24. The van der Waals surface area contributed by atoms with Crippen LogP contribution in [0.15, 0.2) is 0 Å². The lowest BCUT2D eigenvalue weighted by Crippen LogP contribution is -2.22. The molecular weight excluding hydrogens is 184 g/mol. The number of halogens is 1. The van der Waals surface area contributed by atoms with Crippen LogP contribution >= 0.6 is 12.4 Å². The van der Waals surface area contributed by atoms with Crippen molar-refractivity contribution in [1.82, 2.24) is 0 Å². The Bertz CT molecular complexity index is 143. The van der Waals surface area contributed by atoms with Gasteiger partial charge in [0.1, 0.15) is 0 Å². The molecule has 12 heavy (non-hydrogen) atoms. The average molecular weight is 197 g/mol. The van der Waals surface area contributed by atoms with Crippen LogP contribution in [0, 0.1) is 5.92 Å². The smallest absolute Gasteiger partial charge is 0.317 e. The molecule has 0 spiro atoms. The van der Waals surface area contributed by atoms with Gasteiger partial charge in [-0.15, -0.1) is 12.4 Å². The molecule has 0 bridgehead atoms. The van der Waals surface area contributed by atoms with Gasteiger partial charge in [-0.05, 0) is 6.42 Å². The summed E-state index contributed by atoms with van der Waals surface area (Å²) in [6.45, 7) is 1.89. The summed E-state index contributed by atoms with van der Waals surface area (Å²) < 4.78 is 0. The SMILES string of the molecule is CCCCC(C(=O)O)C(=O)O.Cl. The summed E-state index contributed by atoms with van der Waals surface area (Å²) in [7, 11) is 0. The fraction of sp³-hybridized carbons (Fsp3) is 0.714. The number of carboxylic acids is 2. The molecule has 0 atom stereocenters. The van der Waals surface area contributed by atoms with E-state index in [-0.39, 0.29) is 18.8 Å². The van der Waals surface area contributed by atoms with Crippen LogP contribution in [0.25, 0.3) is 0 Å². The summed E-state index contributed by atoms with van der Waals surface area (Å²) in [5, 5.41) is 16.8. The molecule has 0 unspecified atom stereocenters. The van der Waals surface area contributed by atoms with Gasteiger partial charge in [0.2, 0.25) is 0 Å². The summed E-state index contributed by atoms with van der Waals surface area (Å²) in [6.07, 6.45) is 1.68. The molecule has 72 valence electrons. The summed E-state index contributed by atoms with van der Waals surface area (Å²) in [6, 6.07) is 0. The molecule has 5 heteroatoms. The lowest BCUT2D eigenvalue weighted by Gasteiger charge is -2.04. The summed E-state index contributed by atoms with van der Waals surface area (Å²) in [5.74, 6) is -3.72. The monoisotopic (exact) mass is 196 g/mol. The van der Waals surface area contributed by atoms with Gasteiger partial charge in [-0.1, -0.05) is 19.8 Å². The van der Waals surface area contributed by atoms with Crippen molar-refractivity contribution in [2.24, 2.45) is 5.92 Å². The standard InChI is InChI=1S/C7H12O4.ClH/c1-2-3-4-5(6(8)9)7(10)11;/h5H,2-4H2,1H3,(H,8,9)(H,10,11);1H. The van der Waals surface area contributed by atoms with Crippen LogP contribution in [0.4, 0.5) is 0 Å². The Morgan fingerprint density at radius 2 is 1.67 bits per heavy atom. The molecule has 0 aromatic heterocycles. The van der Waals surface area contributed by atoms with Crippen molar-refractivity contribution in [3.63, 3.8) is 0 Å². The van der Waals surface area contributed by atoms with Gasteiger partial charge in [-0.3, -0.25) is 9.59 Å². The number of carbonyl (C=O) groups is 2. The largest absolute Gasteiger partial charge is 0.481 e. The maximum absolute atomic E-state index is 10.3. The van der Waals surface area contributed by atoms with E-state index in [0.717, 1.165) is 6.42 Å². The van der Waals surface area contributed by atoms with E-state index in [1.165, 1.54) is 0 Å². The zero-order valence-corrected chi connectivity index (χ0v) is 7.63. The zero-order valence-electron chi connectivity index (χ0n) is 6.82. The minimum absolute atomic E-state index is 0. The predicted molar refractivity (Wildman–Crippen MR) is 45.5 cm³/mol. The van der Waals surface area contributed by atoms with Gasteiger partial charge in [0.25, 0.3) is 0 Å². The van der Waals surface area contributed by atoms with E-state index >= 15 is 0 Å². The van der Waals surface area contributed by atoms with Crippen LogP contribution in [0.1, 0.15) is 26.2 Å². The number of hydrogen-bond donors (Lipinski definition) is 2. The van der Waals surface area contributed by atoms with E-state index in [0.29, 0.717) is 6.42 Å². The fourth-order valence-corrected chi connectivity index (χ4v) is 0.761. The second-order valence-corrected chi connectivity index (χ2v) is 2.37. The number of rotatable bonds is 5. The van der Waals surface area contributed by atoms with Gasteiger partial charge in [-0.2, -0.15) is 0 Å². The fourth-order valence-electron chi connectivity index (χ4n) is 0.761. The average Bonchev–Trinajstić information content (AvgIpc) is 1.87. The molecule has 0 heterocycles. The molecule has 0 saturated heterocycles. The first-order valence-electron chi connectivity index (χ1n) is 3.55. The highest BCUT2D eigenvalue weighted by atomic mass is 35.5. The van der Waals surface area contributed by atoms with Crippen LogP contribution < -0.4 is 0 Å². The third kappa shape index (κ3) is 4.96. The van der Waals surface area contributed by atoms with E-state index < -0.39 is 17.9 Å². The van der Waals surface area contributed by atoms with Crippen LogP contribution in [-0.2, 0) is 9.59 Å². The first-order valence-corrected chi connectivity index (χ1v) is 3.55. The Kier molecular flexibility index (Phi) is 7.94. The van der Waals surface area contributed by atoms with Crippen molar-refractivity contribution >= 4 is 24.3 Å². The number of aliphatic carboxylic acids is 2. The van der Waals surface area contributed by atoms with Crippen LogP contribution in [0.3, 0.4) is 0 Å². The maximum Gasteiger partial charge on any atom is 0.317 e. The third-order valence-electron chi connectivity index (χ3n) is 1.44. The van der Waals surface area contributed by atoms with Crippen LogP contribution in [0.2, 0.25) is 0 Å². The number of unbranched alkanes of at least 4 members (excludes halogenated alkanes) is 1. The van der Waals surface area contributed by atoms with E-state index in [1.54, 1.807) is 0 Å². The second kappa shape index (κ2) is 6.91. The molecule has 0 rings (SSSR count). The van der Waals surface area contributed by atoms with Crippen molar-refractivity contribution in [1.29, 1.82) is 0 Å². The van der Waals surface area contributed by atoms with Gasteiger partial charge >= 0.3 is 11.9 Å². The van der Waals surface area contributed by atoms with Crippen LogP contribution in [-0.4, -0.2) is 22.2 Å². The third-order valence-corrected chi connectivity index (χ3v) is 1.44. The van der Waals surface area contributed by atoms with Crippen molar-refractivity contribution in [2.45, 2.75) is 26.2 Å². The second-order valence-electron chi connectivity index (χ2n) is 2.37. The summed E-state index contributed by atoms with van der Waals surface area (Å²) in [4.78, 5) is 20.5. The van der Waals surface area contributed by atoms with Crippen LogP contribution in [0.5, 0.6) is 0 Å². The molecule has 2 N–H and O–H groups in total. The number of carboxylic acid groups (broad SMARTS) is 2. The van der Waals surface area contributed by atoms with Crippen molar-refractivity contribution in [3.05, 3.63) is 0 Å². The predicted octanol–water partition coefficient (Wildman–Crippen LogP) is 1.38. The van der Waals surface area contributed by atoms with E-state index in [4.69, 9.17) is 10.2 Å². The van der Waals surface area contributed by atoms with Gasteiger partial charge in [0.15, 0.2) is 5.92 Å². The Morgan fingerprint density at radius 1 is 1.25 bits per heavy atom. The van der Waals surface area contributed by atoms with Crippen molar-refractivity contribution in [2.75, 3.05) is 0 Å². The topological polar surface area (TPSA) is 74.6 Å². The first kappa shape index (κ1) is 13.8.